The minimum absolute atomic E-state index is 0.150. The molecule has 0 radical (unpaired) electrons. The van der Waals surface area contributed by atoms with Crippen LogP contribution in [0.1, 0.15) is 18.1 Å². The van der Waals surface area contributed by atoms with Crippen LogP contribution < -0.4 is 20.3 Å². The fourth-order valence-electron chi connectivity index (χ4n) is 2.08. The summed E-state index contributed by atoms with van der Waals surface area (Å²) in [7, 11) is 1.58. The van der Waals surface area contributed by atoms with Gasteiger partial charge in [0.1, 0.15) is 11.5 Å². The number of hydrazine groups is 1. The van der Waals surface area contributed by atoms with Gasteiger partial charge in [0.25, 0.3) is 5.91 Å². The average Bonchev–Trinajstić information content (AvgIpc) is 2.62. The van der Waals surface area contributed by atoms with Gasteiger partial charge in [0.2, 0.25) is 5.91 Å². The number of methoxy groups -OCH3 is 1. The molecule has 0 saturated carbocycles. The SMILES string of the molecule is COc1ccc(CC(=O)NNC(=O)[C@@H](C)Oc2ccc(C)cc2)cc1. The molecule has 0 bridgehead atoms. The summed E-state index contributed by atoms with van der Waals surface area (Å²) >= 11 is 0. The Kier molecular flexibility index (Phi) is 6.39. The quantitative estimate of drug-likeness (QED) is 0.789. The number of nitrogens with one attached hydrogen (secondary N) is 2. The van der Waals surface area contributed by atoms with Gasteiger partial charge < -0.3 is 9.47 Å². The van der Waals surface area contributed by atoms with E-state index in [-0.39, 0.29) is 12.3 Å². The third-order valence-corrected chi connectivity index (χ3v) is 3.55. The molecular weight excluding hydrogens is 320 g/mol. The number of amides is 2. The predicted octanol–water partition coefficient (Wildman–Crippen LogP) is 2.16. The summed E-state index contributed by atoms with van der Waals surface area (Å²) in [5, 5.41) is 0. The molecule has 2 aromatic carbocycles. The first kappa shape index (κ1) is 18.3. The highest BCUT2D eigenvalue weighted by molar-refractivity contribution is 5.85. The molecule has 0 fully saturated rings. The van der Waals surface area contributed by atoms with Crippen molar-refractivity contribution in [1.29, 1.82) is 0 Å². The first-order valence-electron chi connectivity index (χ1n) is 7.93. The molecule has 132 valence electrons. The van der Waals surface area contributed by atoms with Gasteiger partial charge in [-0.05, 0) is 43.7 Å². The zero-order valence-corrected chi connectivity index (χ0v) is 14.5. The monoisotopic (exact) mass is 342 g/mol. The maximum atomic E-state index is 12.0. The molecule has 2 amide bonds. The summed E-state index contributed by atoms with van der Waals surface area (Å²) in [5.74, 6) is 0.571. The van der Waals surface area contributed by atoms with Crippen molar-refractivity contribution in [3.63, 3.8) is 0 Å². The van der Waals surface area contributed by atoms with Gasteiger partial charge in [0.15, 0.2) is 6.10 Å². The van der Waals surface area contributed by atoms with Crippen LogP contribution >= 0.6 is 0 Å². The van der Waals surface area contributed by atoms with E-state index in [0.717, 1.165) is 16.9 Å². The summed E-state index contributed by atoms with van der Waals surface area (Å²) in [6.45, 7) is 3.59. The summed E-state index contributed by atoms with van der Waals surface area (Å²) < 4.78 is 10.6. The van der Waals surface area contributed by atoms with E-state index < -0.39 is 12.0 Å². The highest BCUT2D eigenvalue weighted by atomic mass is 16.5. The fourth-order valence-corrected chi connectivity index (χ4v) is 2.08. The Labute approximate surface area is 147 Å². The van der Waals surface area contributed by atoms with E-state index in [0.29, 0.717) is 5.75 Å². The molecule has 0 spiro atoms. The second-order valence-electron chi connectivity index (χ2n) is 5.64. The van der Waals surface area contributed by atoms with E-state index in [1.807, 2.05) is 19.1 Å². The summed E-state index contributed by atoms with van der Waals surface area (Å²) in [5.41, 5.74) is 6.68. The molecule has 0 saturated heterocycles. The highest BCUT2D eigenvalue weighted by Gasteiger charge is 2.15. The van der Waals surface area contributed by atoms with Crippen LogP contribution in [0.25, 0.3) is 0 Å². The van der Waals surface area contributed by atoms with Crippen molar-refractivity contribution in [2.24, 2.45) is 0 Å². The molecule has 0 aliphatic heterocycles. The lowest BCUT2D eigenvalue weighted by molar-refractivity contribution is -0.132. The van der Waals surface area contributed by atoms with E-state index in [1.165, 1.54) is 0 Å². The third kappa shape index (κ3) is 5.84. The van der Waals surface area contributed by atoms with Crippen molar-refractivity contribution in [1.82, 2.24) is 10.9 Å². The van der Waals surface area contributed by atoms with Crippen LogP contribution in [0.3, 0.4) is 0 Å². The molecule has 2 aromatic rings. The zero-order chi connectivity index (χ0) is 18.2. The first-order valence-corrected chi connectivity index (χ1v) is 7.93. The minimum atomic E-state index is -0.732. The smallest absolute Gasteiger partial charge is 0.279 e. The van der Waals surface area contributed by atoms with Crippen molar-refractivity contribution in [3.8, 4) is 11.5 Å². The van der Waals surface area contributed by atoms with Gasteiger partial charge in [-0.25, -0.2) is 0 Å². The molecule has 0 aliphatic carbocycles. The van der Waals surface area contributed by atoms with Gasteiger partial charge in [-0.15, -0.1) is 0 Å². The van der Waals surface area contributed by atoms with Gasteiger partial charge >= 0.3 is 0 Å². The zero-order valence-electron chi connectivity index (χ0n) is 14.5. The molecule has 6 nitrogen and oxygen atoms in total. The van der Waals surface area contributed by atoms with Crippen molar-refractivity contribution < 1.29 is 19.1 Å². The highest BCUT2D eigenvalue weighted by Crippen LogP contribution is 2.13. The Balaban J connectivity index is 1.77. The number of benzene rings is 2. The maximum Gasteiger partial charge on any atom is 0.279 e. The van der Waals surface area contributed by atoms with Gasteiger partial charge in [-0.1, -0.05) is 29.8 Å². The summed E-state index contributed by atoms with van der Waals surface area (Å²) in [4.78, 5) is 23.9. The van der Waals surface area contributed by atoms with Crippen molar-refractivity contribution in [3.05, 3.63) is 59.7 Å². The lowest BCUT2D eigenvalue weighted by Crippen LogP contribution is -2.47. The van der Waals surface area contributed by atoms with Gasteiger partial charge in [-0.2, -0.15) is 0 Å². The number of carbonyl (C=O) groups excluding carboxylic acids is 2. The normalized spacial score (nSPS) is 11.3. The molecule has 2 N–H and O–H groups in total. The number of rotatable bonds is 6. The van der Waals surface area contributed by atoms with Gasteiger partial charge in [0.05, 0.1) is 13.5 Å². The van der Waals surface area contributed by atoms with Crippen molar-refractivity contribution >= 4 is 11.8 Å². The third-order valence-electron chi connectivity index (χ3n) is 3.55. The van der Waals surface area contributed by atoms with Crippen LogP contribution in [0.5, 0.6) is 11.5 Å². The summed E-state index contributed by atoms with van der Waals surface area (Å²) in [6, 6.07) is 14.5. The standard InChI is InChI=1S/C19H22N2O4/c1-13-4-8-17(9-5-13)25-14(2)19(23)21-20-18(22)12-15-6-10-16(24-3)11-7-15/h4-11,14H,12H2,1-3H3,(H,20,22)(H,21,23)/t14-/m1/s1. The largest absolute Gasteiger partial charge is 0.497 e. The second-order valence-corrected chi connectivity index (χ2v) is 5.64. The number of hydrogen-bond acceptors (Lipinski definition) is 4. The number of ether oxygens (including phenoxy) is 2. The van der Waals surface area contributed by atoms with Crippen LogP contribution in [0.15, 0.2) is 48.5 Å². The molecule has 0 unspecified atom stereocenters. The molecule has 25 heavy (non-hydrogen) atoms. The predicted molar refractivity (Wildman–Crippen MR) is 94.3 cm³/mol. The molecule has 6 heteroatoms. The lowest BCUT2D eigenvalue weighted by atomic mass is 10.1. The Bertz CT molecular complexity index is 711. The Morgan fingerprint density at radius 1 is 0.960 bits per heavy atom. The minimum Gasteiger partial charge on any atom is -0.497 e. The van der Waals surface area contributed by atoms with Crippen molar-refractivity contribution in [2.75, 3.05) is 7.11 Å². The average molecular weight is 342 g/mol. The Hall–Kier alpha value is -3.02. The van der Waals surface area contributed by atoms with Crippen molar-refractivity contribution in [2.45, 2.75) is 26.4 Å². The lowest BCUT2D eigenvalue weighted by Gasteiger charge is -2.15. The van der Waals surface area contributed by atoms with Crippen LogP contribution in [-0.2, 0) is 16.0 Å². The summed E-state index contributed by atoms with van der Waals surface area (Å²) in [6.07, 6.45) is -0.582. The van der Waals surface area contributed by atoms with E-state index >= 15 is 0 Å². The number of aryl methyl sites for hydroxylation is 1. The van der Waals surface area contributed by atoms with Crippen LogP contribution in [0.4, 0.5) is 0 Å². The fraction of sp³-hybridized carbons (Fsp3) is 0.263. The van der Waals surface area contributed by atoms with Crippen LogP contribution in [0.2, 0.25) is 0 Å². The molecule has 1 atom stereocenters. The maximum absolute atomic E-state index is 12.0. The second kappa shape index (κ2) is 8.73. The number of hydrogen-bond donors (Lipinski definition) is 2. The van der Waals surface area contributed by atoms with E-state index in [4.69, 9.17) is 9.47 Å². The van der Waals surface area contributed by atoms with E-state index in [9.17, 15) is 9.59 Å². The number of carbonyl (C=O) groups is 2. The molecule has 0 aromatic heterocycles. The topological polar surface area (TPSA) is 76.7 Å². The van der Waals surface area contributed by atoms with Gasteiger partial charge in [-0.3, -0.25) is 20.4 Å². The molecule has 0 heterocycles. The van der Waals surface area contributed by atoms with Crippen LogP contribution in [0, 0.1) is 6.92 Å². The van der Waals surface area contributed by atoms with Crippen LogP contribution in [-0.4, -0.2) is 25.0 Å². The molecule has 2 rings (SSSR count). The molecule has 0 aliphatic rings. The first-order chi connectivity index (χ1) is 12.0. The van der Waals surface area contributed by atoms with Gasteiger partial charge in [0, 0.05) is 0 Å². The van der Waals surface area contributed by atoms with E-state index in [2.05, 4.69) is 10.9 Å². The molecular formula is C19H22N2O4. The Morgan fingerprint density at radius 2 is 1.56 bits per heavy atom. The Morgan fingerprint density at radius 3 is 2.16 bits per heavy atom. The van der Waals surface area contributed by atoms with E-state index in [1.54, 1.807) is 50.4 Å².